The smallest absolute Gasteiger partial charge is 0.341 e. The second-order valence-electron chi connectivity index (χ2n) is 4.32. The Hall–Kier alpha value is -2.37. The fourth-order valence-electron chi connectivity index (χ4n) is 1.60. The molecule has 0 spiro atoms. The SMILES string of the molecule is COC(=O)c1cccnc1Nc1cnn(C(C)C)c1. The van der Waals surface area contributed by atoms with Crippen LogP contribution in [0.5, 0.6) is 0 Å². The first-order valence-electron chi connectivity index (χ1n) is 5.96. The molecule has 6 nitrogen and oxygen atoms in total. The standard InChI is InChI=1S/C13H16N4O2/c1-9(2)17-8-10(7-15-17)16-12-11(13(18)19-3)5-4-6-14-12/h4-9H,1-3H3,(H,14,16). The van der Waals surface area contributed by atoms with Gasteiger partial charge in [0.15, 0.2) is 0 Å². The Morgan fingerprint density at radius 1 is 1.47 bits per heavy atom. The van der Waals surface area contributed by atoms with E-state index in [1.807, 2.05) is 24.7 Å². The number of hydrogen-bond acceptors (Lipinski definition) is 5. The molecule has 2 heterocycles. The number of nitrogens with one attached hydrogen (secondary N) is 1. The zero-order chi connectivity index (χ0) is 13.8. The van der Waals surface area contributed by atoms with Crippen LogP contribution in [0.4, 0.5) is 11.5 Å². The number of anilines is 2. The van der Waals surface area contributed by atoms with Crippen LogP contribution in [0.3, 0.4) is 0 Å². The van der Waals surface area contributed by atoms with E-state index in [4.69, 9.17) is 4.74 Å². The van der Waals surface area contributed by atoms with Crippen molar-refractivity contribution in [2.75, 3.05) is 12.4 Å². The lowest BCUT2D eigenvalue weighted by molar-refractivity contribution is 0.0601. The number of methoxy groups -OCH3 is 1. The minimum Gasteiger partial charge on any atom is -0.465 e. The third kappa shape index (κ3) is 2.90. The number of carbonyl (C=O) groups excluding carboxylic acids is 1. The third-order valence-electron chi connectivity index (χ3n) is 2.61. The van der Waals surface area contributed by atoms with Crippen LogP contribution in [0.2, 0.25) is 0 Å². The van der Waals surface area contributed by atoms with E-state index in [-0.39, 0.29) is 6.04 Å². The van der Waals surface area contributed by atoms with Crippen LogP contribution in [0.25, 0.3) is 0 Å². The van der Waals surface area contributed by atoms with E-state index in [1.54, 1.807) is 24.5 Å². The molecule has 0 saturated heterocycles. The first kappa shape index (κ1) is 13.1. The Morgan fingerprint density at radius 2 is 2.26 bits per heavy atom. The number of carbonyl (C=O) groups is 1. The Bertz CT molecular complexity index is 578. The summed E-state index contributed by atoms with van der Waals surface area (Å²) in [6.07, 6.45) is 5.16. The average molecular weight is 260 g/mol. The number of nitrogens with zero attached hydrogens (tertiary/aromatic N) is 3. The van der Waals surface area contributed by atoms with E-state index in [2.05, 4.69) is 15.4 Å². The predicted molar refractivity (Wildman–Crippen MR) is 71.5 cm³/mol. The number of esters is 1. The Kier molecular flexibility index (Phi) is 3.79. The summed E-state index contributed by atoms with van der Waals surface area (Å²) >= 11 is 0. The zero-order valence-electron chi connectivity index (χ0n) is 11.1. The van der Waals surface area contributed by atoms with Gasteiger partial charge in [-0.1, -0.05) is 0 Å². The molecule has 0 fully saturated rings. The molecule has 0 saturated carbocycles. The molecule has 2 rings (SSSR count). The highest BCUT2D eigenvalue weighted by atomic mass is 16.5. The van der Waals surface area contributed by atoms with E-state index < -0.39 is 5.97 Å². The maximum Gasteiger partial charge on any atom is 0.341 e. The van der Waals surface area contributed by atoms with Gasteiger partial charge in [-0.3, -0.25) is 4.68 Å². The summed E-state index contributed by atoms with van der Waals surface area (Å²) in [6, 6.07) is 3.63. The van der Waals surface area contributed by atoms with E-state index in [9.17, 15) is 4.79 Å². The third-order valence-corrected chi connectivity index (χ3v) is 2.61. The molecule has 0 unspecified atom stereocenters. The van der Waals surface area contributed by atoms with Gasteiger partial charge in [-0.05, 0) is 26.0 Å². The maximum atomic E-state index is 11.6. The van der Waals surface area contributed by atoms with Crippen molar-refractivity contribution in [1.29, 1.82) is 0 Å². The number of pyridine rings is 1. The molecule has 2 aromatic heterocycles. The van der Waals surface area contributed by atoms with Crippen molar-refractivity contribution in [1.82, 2.24) is 14.8 Å². The average Bonchev–Trinajstić information content (AvgIpc) is 2.87. The van der Waals surface area contributed by atoms with Crippen molar-refractivity contribution in [2.45, 2.75) is 19.9 Å². The zero-order valence-corrected chi connectivity index (χ0v) is 11.1. The summed E-state index contributed by atoms with van der Waals surface area (Å²) in [5, 5.41) is 7.28. The number of rotatable bonds is 4. The largest absolute Gasteiger partial charge is 0.465 e. The van der Waals surface area contributed by atoms with Crippen molar-refractivity contribution < 1.29 is 9.53 Å². The number of hydrogen-bond donors (Lipinski definition) is 1. The van der Waals surface area contributed by atoms with Gasteiger partial charge in [0.1, 0.15) is 11.4 Å². The van der Waals surface area contributed by atoms with Crippen molar-refractivity contribution in [3.8, 4) is 0 Å². The minimum atomic E-state index is -0.424. The number of ether oxygens (including phenoxy) is 1. The van der Waals surface area contributed by atoms with Crippen molar-refractivity contribution in [3.63, 3.8) is 0 Å². The van der Waals surface area contributed by atoms with Gasteiger partial charge in [0, 0.05) is 18.4 Å². The summed E-state index contributed by atoms with van der Waals surface area (Å²) in [7, 11) is 1.34. The van der Waals surface area contributed by atoms with Crippen LogP contribution in [0.1, 0.15) is 30.2 Å². The second kappa shape index (κ2) is 5.51. The van der Waals surface area contributed by atoms with Gasteiger partial charge in [-0.2, -0.15) is 5.10 Å². The Morgan fingerprint density at radius 3 is 2.89 bits per heavy atom. The highest BCUT2D eigenvalue weighted by Crippen LogP contribution is 2.19. The molecule has 0 aliphatic heterocycles. The van der Waals surface area contributed by atoms with Gasteiger partial charge < -0.3 is 10.1 Å². The van der Waals surface area contributed by atoms with Crippen LogP contribution in [-0.4, -0.2) is 27.8 Å². The Labute approximate surface area is 111 Å². The summed E-state index contributed by atoms with van der Waals surface area (Å²) in [5.41, 5.74) is 1.17. The molecule has 0 aromatic carbocycles. The van der Waals surface area contributed by atoms with Crippen LogP contribution >= 0.6 is 0 Å². The highest BCUT2D eigenvalue weighted by Gasteiger charge is 2.13. The summed E-state index contributed by atoms with van der Waals surface area (Å²) in [5.74, 6) is 0.0320. The molecule has 6 heteroatoms. The molecular formula is C13H16N4O2. The van der Waals surface area contributed by atoms with E-state index in [0.29, 0.717) is 11.4 Å². The predicted octanol–water partition coefficient (Wildman–Crippen LogP) is 2.39. The van der Waals surface area contributed by atoms with E-state index in [0.717, 1.165) is 5.69 Å². The molecule has 19 heavy (non-hydrogen) atoms. The molecule has 0 atom stereocenters. The molecule has 2 aromatic rings. The van der Waals surface area contributed by atoms with E-state index in [1.165, 1.54) is 7.11 Å². The van der Waals surface area contributed by atoms with Crippen molar-refractivity contribution in [2.24, 2.45) is 0 Å². The molecule has 0 amide bonds. The molecule has 0 aliphatic rings. The molecule has 0 radical (unpaired) electrons. The van der Waals surface area contributed by atoms with Crippen LogP contribution in [0.15, 0.2) is 30.7 Å². The van der Waals surface area contributed by atoms with Crippen molar-refractivity contribution >= 4 is 17.5 Å². The fourth-order valence-corrected chi connectivity index (χ4v) is 1.60. The summed E-state index contributed by atoms with van der Waals surface area (Å²) in [6.45, 7) is 4.08. The number of aromatic nitrogens is 3. The maximum absolute atomic E-state index is 11.6. The second-order valence-corrected chi connectivity index (χ2v) is 4.32. The van der Waals surface area contributed by atoms with Gasteiger partial charge in [-0.25, -0.2) is 9.78 Å². The summed E-state index contributed by atoms with van der Waals surface area (Å²) < 4.78 is 6.54. The molecule has 0 aliphatic carbocycles. The van der Waals surface area contributed by atoms with Gasteiger partial charge in [-0.15, -0.1) is 0 Å². The molecule has 0 bridgehead atoms. The quantitative estimate of drug-likeness (QED) is 0.855. The van der Waals surface area contributed by atoms with E-state index >= 15 is 0 Å². The topological polar surface area (TPSA) is 69.0 Å². The van der Waals surface area contributed by atoms with Gasteiger partial charge in [0.2, 0.25) is 0 Å². The molecule has 100 valence electrons. The normalized spacial score (nSPS) is 10.5. The first-order chi connectivity index (χ1) is 9.11. The monoisotopic (exact) mass is 260 g/mol. The lowest BCUT2D eigenvalue weighted by Gasteiger charge is -2.07. The summed E-state index contributed by atoms with van der Waals surface area (Å²) in [4.78, 5) is 15.8. The van der Waals surface area contributed by atoms with Gasteiger partial charge >= 0.3 is 5.97 Å². The van der Waals surface area contributed by atoms with Gasteiger partial charge in [0.05, 0.1) is 19.0 Å². The van der Waals surface area contributed by atoms with Crippen LogP contribution < -0.4 is 5.32 Å². The fraction of sp³-hybridized carbons (Fsp3) is 0.308. The molecule has 1 N–H and O–H groups in total. The lowest BCUT2D eigenvalue weighted by Crippen LogP contribution is -2.06. The highest BCUT2D eigenvalue weighted by molar-refractivity contribution is 5.95. The minimum absolute atomic E-state index is 0.277. The lowest BCUT2D eigenvalue weighted by atomic mass is 10.2. The van der Waals surface area contributed by atoms with Crippen molar-refractivity contribution in [3.05, 3.63) is 36.3 Å². The van der Waals surface area contributed by atoms with Crippen LogP contribution in [-0.2, 0) is 4.74 Å². The van der Waals surface area contributed by atoms with Crippen LogP contribution in [0, 0.1) is 0 Å². The van der Waals surface area contributed by atoms with Gasteiger partial charge in [0.25, 0.3) is 0 Å². The molecular weight excluding hydrogens is 244 g/mol. The first-order valence-corrected chi connectivity index (χ1v) is 5.96. The Balaban J connectivity index is 2.25.